The van der Waals surface area contributed by atoms with Crippen molar-refractivity contribution in [1.29, 1.82) is 0 Å². The fourth-order valence-corrected chi connectivity index (χ4v) is 2.87. The Morgan fingerprint density at radius 3 is 2.62 bits per heavy atom. The summed E-state index contributed by atoms with van der Waals surface area (Å²) in [6, 6.07) is 7.20. The quantitative estimate of drug-likeness (QED) is 0.762. The Bertz CT molecular complexity index is 677. The van der Waals surface area contributed by atoms with E-state index < -0.39 is 10.0 Å². The summed E-state index contributed by atoms with van der Waals surface area (Å²) in [7, 11) is -1.71. The SMILES string of the molecule is CNCCCn1cc(S(=O)(=O)Nc2ccc(C)cc2)cn1. The van der Waals surface area contributed by atoms with Crippen molar-refractivity contribution >= 4 is 15.7 Å². The van der Waals surface area contributed by atoms with Crippen LogP contribution in [0.15, 0.2) is 41.6 Å². The highest BCUT2D eigenvalue weighted by Gasteiger charge is 2.16. The molecule has 0 radical (unpaired) electrons. The van der Waals surface area contributed by atoms with Gasteiger partial charge >= 0.3 is 0 Å². The molecule has 2 N–H and O–H groups in total. The molecule has 7 heteroatoms. The van der Waals surface area contributed by atoms with Gasteiger partial charge in [-0.2, -0.15) is 5.10 Å². The lowest BCUT2D eigenvalue weighted by Crippen LogP contribution is -2.13. The van der Waals surface area contributed by atoms with E-state index in [9.17, 15) is 8.42 Å². The molecule has 0 aliphatic carbocycles. The van der Waals surface area contributed by atoms with Gasteiger partial charge in [-0.15, -0.1) is 0 Å². The van der Waals surface area contributed by atoms with Crippen molar-refractivity contribution in [2.45, 2.75) is 24.8 Å². The van der Waals surface area contributed by atoms with E-state index in [1.807, 2.05) is 26.1 Å². The molecule has 114 valence electrons. The number of sulfonamides is 1. The summed E-state index contributed by atoms with van der Waals surface area (Å²) in [5.41, 5.74) is 1.62. The molecule has 2 rings (SSSR count). The standard InChI is InChI=1S/C14H20N4O2S/c1-12-4-6-13(7-5-12)17-21(19,20)14-10-16-18(11-14)9-3-8-15-2/h4-7,10-11,15,17H,3,8-9H2,1-2H3. The minimum absolute atomic E-state index is 0.174. The number of nitrogens with one attached hydrogen (secondary N) is 2. The Morgan fingerprint density at radius 1 is 1.24 bits per heavy atom. The smallest absolute Gasteiger partial charge is 0.265 e. The third-order valence-corrected chi connectivity index (χ3v) is 4.37. The second-order valence-electron chi connectivity index (χ2n) is 4.87. The molecule has 0 saturated carbocycles. The predicted molar refractivity (Wildman–Crippen MR) is 82.8 cm³/mol. The van der Waals surface area contributed by atoms with Crippen LogP contribution in [0.3, 0.4) is 0 Å². The van der Waals surface area contributed by atoms with Gasteiger partial charge in [-0.05, 0) is 39.1 Å². The average molecular weight is 308 g/mol. The molecule has 0 atom stereocenters. The van der Waals surface area contributed by atoms with Crippen molar-refractivity contribution in [3.05, 3.63) is 42.2 Å². The topological polar surface area (TPSA) is 76.0 Å². The second-order valence-corrected chi connectivity index (χ2v) is 6.55. The van der Waals surface area contributed by atoms with Gasteiger partial charge in [-0.3, -0.25) is 9.40 Å². The molecular formula is C14H20N4O2S. The summed E-state index contributed by atoms with van der Waals surface area (Å²) >= 11 is 0. The van der Waals surface area contributed by atoms with E-state index in [2.05, 4.69) is 15.1 Å². The van der Waals surface area contributed by atoms with Crippen LogP contribution < -0.4 is 10.0 Å². The molecule has 6 nitrogen and oxygen atoms in total. The fraction of sp³-hybridized carbons (Fsp3) is 0.357. The van der Waals surface area contributed by atoms with E-state index in [1.165, 1.54) is 6.20 Å². The highest BCUT2D eigenvalue weighted by Crippen LogP contribution is 2.16. The van der Waals surface area contributed by atoms with Crippen LogP contribution in [0, 0.1) is 6.92 Å². The summed E-state index contributed by atoms with van der Waals surface area (Å²) in [5, 5.41) is 7.12. The molecule has 0 amide bonds. The molecule has 1 aromatic carbocycles. The lowest BCUT2D eigenvalue weighted by molar-refractivity contribution is 0.561. The third-order valence-electron chi connectivity index (χ3n) is 3.04. The van der Waals surface area contributed by atoms with Gasteiger partial charge in [0.05, 0.1) is 6.20 Å². The molecule has 1 heterocycles. The molecule has 0 spiro atoms. The first-order chi connectivity index (χ1) is 10.0. The van der Waals surface area contributed by atoms with E-state index >= 15 is 0 Å². The van der Waals surface area contributed by atoms with Crippen LogP contribution in [0.4, 0.5) is 5.69 Å². The normalized spacial score (nSPS) is 11.5. The Morgan fingerprint density at radius 2 is 1.95 bits per heavy atom. The van der Waals surface area contributed by atoms with E-state index in [4.69, 9.17) is 0 Å². The van der Waals surface area contributed by atoms with Crippen LogP contribution in [0.1, 0.15) is 12.0 Å². The maximum absolute atomic E-state index is 12.3. The largest absolute Gasteiger partial charge is 0.320 e. The van der Waals surface area contributed by atoms with Gasteiger partial charge < -0.3 is 5.32 Å². The number of anilines is 1. The molecule has 0 bridgehead atoms. The first-order valence-corrected chi connectivity index (χ1v) is 8.26. The van der Waals surface area contributed by atoms with Crippen LogP contribution in [-0.4, -0.2) is 31.8 Å². The summed E-state index contributed by atoms with van der Waals surface area (Å²) in [6.45, 7) is 3.50. The molecule has 1 aromatic heterocycles. The Kier molecular flexibility index (Phi) is 4.98. The minimum Gasteiger partial charge on any atom is -0.320 e. The fourth-order valence-electron chi connectivity index (χ4n) is 1.86. The molecule has 0 unspecified atom stereocenters. The van der Waals surface area contributed by atoms with Crippen LogP contribution in [0.5, 0.6) is 0 Å². The monoisotopic (exact) mass is 308 g/mol. The molecule has 0 fully saturated rings. The third kappa shape index (κ3) is 4.30. The van der Waals surface area contributed by atoms with Crippen molar-refractivity contribution in [3.8, 4) is 0 Å². The summed E-state index contributed by atoms with van der Waals surface area (Å²) in [6.07, 6.45) is 3.81. The van der Waals surface area contributed by atoms with Crippen molar-refractivity contribution in [2.75, 3.05) is 18.3 Å². The summed E-state index contributed by atoms with van der Waals surface area (Å²) in [4.78, 5) is 0.174. The average Bonchev–Trinajstić information content (AvgIpc) is 2.91. The molecule has 2 aromatic rings. The zero-order valence-electron chi connectivity index (χ0n) is 12.2. The van der Waals surface area contributed by atoms with Crippen LogP contribution >= 0.6 is 0 Å². The summed E-state index contributed by atoms with van der Waals surface area (Å²) in [5.74, 6) is 0. The van der Waals surface area contributed by atoms with Gasteiger partial charge in [0.1, 0.15) is 4.90 Å². The number of hydrogen-bond acceptors (Lipinski definition) is 4. The Balaban J connectivity index is 2.07. The second kappa shape index (κ2) is 6.73. The van der Waals surface area contributed by atoms with Crippen molar-refractivity contribution < 1.29 is 8.42 Å². The van der Waals surface area contributed by atoms with E-state index in [-0.39, 0.29) is 4.90 Å². The number of benzene rings is 1. The van der Waals surface area contributed by atoms with Gasteiger partial charge in [-0.25, -0.2) is 8.42 Å². The first-order valence-electron chi connectivity index (χ1n) is 6.78. The summed E-state index contributed by atoms with van der Waals surface area (Å²) < 4.78 is 28.7. The molecule has 21 heavy (non-hydrogen) atoms. The number of hydrogen-bond donors (Lipinski definition) is 2. The molecular weight excluding hydrogens is 288 g/mol. The van der Waals surface area contributed by atoms with Gasteiger partial charge in [0, 0.05) is 18.4 Å². The number of nitrogens with zero attached hydrogens (tertiary/aromatic N) is 2. The minimum atomic E-state index is -3.58. The van der Waals surface area contributed by atoms with Crippen molar-refractivity contribution in [1.82, 2.24) is 15.1 Å². The maximum Gasteiger partial charge on any atom is 0.265 e. The number of rotatable bonds is 7. The molecule has 0 saturated heterocycles. The molecule has 0 aliphatic heterocycles. The Hall–Kier alpha value is -1.86. The first kappa shape index (κ1) is 15.5. The van der Waals surface area contributed by atoms with E-state index in [0.29, 0.717) is 12.2 Å². The van der Waals surface area contributed by atoms with Crippen LogP contribution in [0.2, 0.25) is 0 Å². The number of aromatic nitrogens is 2. The zero-order valence-corrected chi connectivity index (χ0v) is 13.0. The van der Waals surface area contributed by atoms with E-state index in [0.717, 1.165) is 18.5 Å². The van der Waals surface area contributed by atoms with Gasteiger partial charge in [0.2, 0.25) is 0 Å². The lowest BCUT2D eigenvalue weighted by Gasteiger charge is -2.06. The highest BCUT2D eigenvalue weighted by atomic mass is 32.2. The Labute approximate surface area is 125 Å². The molecule has 0 aliphatic rings. The van der Waals surface area contributed by atoms with Gasteiger partial charge in [0.15, 0.2) is 0 Å². The number of aryl methyl sites for hydroxylation is 2. The zero-order chi connectivity index (χ0) is 15.3. The predicted octanol–water partition coefficient (Wildman–Crippen LogP) is 1.60. The van der Waals surface area contributed by atoms with Crippen LogP contribution in [-0.2, 0) is 16.6 Å². The van der Waals surface area contributed by atoms with Crippen molar-refractivity contribution in [3.63, 3.8) is 0 Å². The highest BCUT2D eigenvalue weighted by molar-refractivity contribution is 7.92. The van der Waals surface area contributed by atoms with E-state index in [1.54, 1.807) is 23.0 Å². The van der Waals surface area contributed by atoms with Crippen LogP contribution in [0.25, 0.3) is 0 Å². The van der Waals surface area contributed by atoms with Gasteiger partial charge in [-0.1, -0.05) is 17.7 Å². The maximum atomic E-state index is 12.3. The van der Waals surface area contributed by atoms with Crippen molar-refractivity contribution in [2.24, 2.45) is 0 Å². The lowest BCUT2D eigenvalue weighted by atomic mass is 10.2. The van der Waals surface area contributed by atoms with Gasteiger partial charge in [0.25, 0.3) is 10.0 Å².